The van der Waals surface area contributed by atoms with Crippen molar-refractivity contribution in [3.05, 3.63) is 58.1 Å². The van der Waals surface area contributed by atoms with E-state index in [2.05, 4.69) is 10.0 Å². The predicted octanol–water partition coefficient (Wildman–Crippen LogP) is 2.93. The van der Waals surface area contributed by atoms with Gasteiger partial charge >= 0.3 is 5.69 Å². The predicted molar refractivity (Wildman–Crippen MR) is 104 cm³/mol. The third-order valence-electron chi connectivity index (χ3n) is 4.03. The lowest BCUT2D eigenvalue weighted by atomic mass is 10.1. The lowest BCUT2D eigenvalue weighted by Gasteiger charge is -2.12. The van der Waals surface area contributed by atoms with Crippen LogP contribution in [0.15, 0.2) is 47.4 Å². The molecule has 1 unspecified atom stereocenters. The Labute approximate surface area is 162 Å². The van der Waals surface area contributed by atoms with E-state index in [1.165, 1.54) is 43.5 Å². The van der Waals surface area contributed by atoms with Gasteiger partial charge in [0, 0.05) is 23.4 Å². The Hall–Kier alpha value is -2.98. The molecule has 2 rings (SSSR count). The third kappa shape index (κ3) is 5.05. The van der Waals surface area contributed by atoms with Crippen molar-refractivity contribution in [1.29, 1.82) is 0 Å². The van der Waals surface area contributed by atoms with E-state index in [1.807, 2.05) is 6.92 Å². The van der Waals surface area contributed by atoms with E-state index in [4.69, 9.17) is 4.74 Å². The quantitative estimate of drug-likeness (QED) is 0.511. The minimum Gasteiger partial charge on any atom is -0.490 e. The minimum absolute atomic E-state index is 0.0462. The van der Waals surface area contributed by atoms with Crippen molar-refractivity contribution in [3.63, 3.8) is 0 Å². The molecule has 0 aromatic heterocycles. The summed E-state index contributed by atoms with van der Waals surface area (Å²) in [5.74, 6) is -0.524. The average molecular weight is 407 g/mol. The summed E-state index contributed by atoms with van der Waals surface area (Å²) in [5.41, 5.74) is 0.0984. The second-order valence-electron chi connectivity index (χ2n) is 6.05. The van der Waals surface area contributed by atoms with Crippen molar-refractivity contribution in [1.82, 2.24) is 4.72 Å². The molecule has 150 valence electrons. The number of nitrogens with one attached hydrogen (secondary N) is 2. The summed E-state index contributed by atoms with van der Waals surface area (Å²) in [5, 5.41) is 13.6. The van der Waals surface area contributed by atoms with Gasteiger partial charge in [-0.05, 0) is 49.7 Å². The molecule has 0 bridgehead atoms. The van der Waals surface area contributed by atoms with E-state index in [1.54, 1.807) is 6.92 Å². The highest BCUT2D eigenvalue weighted by atomic mass is 32.2. The Morgan fingerprint density at radius 3 is 2.39 bits per heavy atom. The van der Waals surface area contributed by atoms with Gasteiger partial charge in [0.15, 0.2) is 5.75 Å². The average Bonchev–Trinajstić information content (AvgIpc) is 2.67. The number of rotatable bonds is 8. The molecule has 10 heteroatoms. The van der Waals surface area contributed by atoms with Crippen LogP contribution in [0, 0.1) is 10.1 Å². The van der Waals surface area contributed by atoms with Crippen molar-refractivity contribution < 1.29 is 22.9 Å². The minimum atomic E-state index is -3.64. The van der Waals surface area contributed by atoms with E-state index < -0.39 is 20.9 Å². The zero-order chi connectivity index (χ0) is 20.9. The number of carbonyl (C=O) groups is 1. The number of sulfonamides is 1. The number of nitrogens with zero attached hydrogens (tertiary/aromatic N) is 1. The van der Waals surface area contributed by atoms with Gasteiger partial charge in [-0.1, -0.05) is 6.92 Å². The Balaban J connectivity index is 2.17. The zero-order valence-electron chi connectivity index (χ0n) is 15.6. The highest BCUT2D eigenvalue weighted by Gasteiger charge is 2.19. The van der Waals surface area contributed by atoms with Crippen LogP contribution in [0.5, 0.6) is 5.75 Å². The molecule has 2 N–H and O–H groups in total. The number of nitro benzene ring substituents is 1. The molecule has 2 aromatic rings. The molecule has 0 aliphatic heterocycles. The standard InChI is InChI=1S/C18H21N3O6S/c1-4-12(2)20-28(25,26)15-8-6-14(7-9-15)19-18(22)13-5-10-17(27-3)16(11-13)21(23)24/h5-12,20H,4H2,1-3H3,(H,19,22). The lowest BCUT2D eigenvalue weighted by molar-refractivity contribution is -0.385. The molecule has 2 aromatic carbocycles. The first kappa shape index (κ1) is 21.3. The van der Waals surface area contributed by atoms with Gasteiger partial charge in [0.1, 0.15) is 0 Å². The van der Waals surface area contributed by atoms with Gasteiger partial charge in [-0.15, -0.1) is 0 Å². The maximum Gasteiger partial charge on any atom is 0.311 e. The maximum atomic E-state index is 12.3. The first-order valence-electron chi connectivity index (χ1n) is 8.44. The molecule has 0 saturated heterocycles. The van der Waals surface area contributed by atoms with Gasteiger partial charge in [-0.2, -0.15) is 0 Å². The number of carbonyl (C=O) groups excluding carboxylic acids is 1. The molecule has 0 radical (unpaired) electrons. The molecule has 0 spiro atoms. The molecule has 1 atom stereocenters. The molecular weight excluding hydrogens is 386 g/mol. The van der Waals surface area contributed by atoms with Crippen LogP contribution in [0.25, 0.3) is 0 Å². The number of ether oxygens (including phenoxy) is 1. The van der Waals surface area contributed by atoms with Gasteiger partial charge in [0.05, 0.1) is 16.9 Å². The second kappa shape index (κ2) is 8.81. The third-order valence-corrected chi connectivity index (χ3v) is 5.63. The normalized spacial score (nSPS) is 12.2. The number of hydrogen-bond donors (Lipinski definition) is 2. The first-order chi connectivity index (χ1) is 13.2. The number of nitro groups is 1. The van der Waals surface area contributed by atoms with Gasteiger partial charge in [0.2, 0.25) is 10.0 Å². The van der Waals surface area contributed by atoms with Crippen LogP contribution in [0.2, 0.25) is 0 Å². The SMILES string of the molecule is CCC(C)NS(=O)(=O)c1ccc(NC(=O)c2ccc(OC)c([N+](=O)[O-])c2)cc1. The topological polar surface area (TPSA) is 128 Å². The van der Waals surface area contributed by atoms with Crippen LogP contribution in [-0.2, 0) is 10.0 Å². The molecule has 9 nitrogen and oxygen atoms in total. The summed E-state index contributed by atoms with van der Waals surface area (Å²) >= 11 is 0. The van der Waals surface area contributed by atoms with Crippen molar-refractivity contribution >= 4 is 27.3 Å². The Kier molecular flexibility index (Phi) is 6.71. The Morgan fingerprint density at radius 2 is 1.86 bits per heavy atom. The van der Waals surface area contributed by atoms with Crippen LogP contribution in [-0.4, -0.2) is 32.4 Å². The van der Waals surface area contributed by atoms with Gasteiger partial charge < -0.3 is 10.1 Å². The van der Waals surface area contributed by atoms with Crippen molar-refractivity contribution in [2.75, 3.05) is 12.4 Å². The number of hydrogen-bond acceptors (Lipinski definition) is 6. The van der Waals surface area contributed by atoms with E-state index in [0.717, 1.165) is 6.07 Å². The highest BCUT2D eigenvalue weighted by molar-refractivity contribution is 7.89. The number of benzene rings is 2. The van der Waals surface area contributed by atoms with Crippen molar-refractivity contribution in [3.8, 4) is 5.75 Å². The highest BCUT2D eigenvalue weighted by Crippen LogP contribution is 2.28. The smallest absolute Gasteiger partial charge is 0.311 e. The van der Waals surface area contributed by atoms with Crippen molar-refractivity contribution in [2.45, 2.75) is 31.2 Å². The summed E-state index contributed by atoms with van der Waals surface area (Å²) in [6, 6.07) is 9.29. The summed E-state index contributed by atoms with van der Waals surface area (Å²) < 4.78 is 31.9. The lowest BCUT2D eigenvalue weighted by Crippen LogP contribution is -2.31. The molecule has 0 aliphatic rings. The largest absolute Gasteiger partial charge is 0.490 e. The molecule has 0 fully saturated rings. The summed E-state index contributed by atoms with van der Waals surface area (Å²) in [4.78, 5) is 22.9. The molecule has 28 heavy (non-hydrogen) atoms. The number of methoxy groups -OCH3 is 1. The molecule has 0 heterocycles. The first-order valence-corrected chi connectivity index (χ1v) is 9.92. The van der Waals surface area contributed by atoms with E-state index in [0.29, 0.717) is 12.1 Å². The van der Waals surface area contributed by atoms with Crippen LogP contribution in [0.3, 0.4) is 0 Å². The zero-order valence-corrected chi connectivity index (χ0v) is 16.4. The van der Waals surface area contributed by atoms with E-state index in [-0.39, 0.29) is 27.9 Å². The molecular formula is C18H21N3O6S. The van der Waals surface area contributed by atoms with Crippen LogP contribution >= 0.6 is 0 Å². The molecule has 1 amide bonds. The second-order valence-corrected chi connectivity index (χ2v) is 7.77. The Bertz CT molecular complexity index is 973. The van der Waals surface area contributed by atoms with Crippen molar-refractivity contribution in [2.24, 2.45) is 0 Å². The fourth-order valence-electron chi connectivity index (χ4n) is 2.31. The monoisotopic (exact) mass is 407 g/mol. The summed E-state index contributed by atoms with van der Waals surface area (Å²) in [6.07, 6.45) is 0.654. The van der Waals surface area contributed by atoms with E-state index in [9.17, 15) is 23.3 Å². The summed E-state index contributed by atoms with van der Waals surface area (Å²) in [6.45, 7) is 3.63. The fraction of sp³-hybridized carbons (Fsp3) is 0.278. The Morgan fingerprint density at radius 1 is 1.21 bits per heavy atom. The van der Waals surface area contributed by atoms with Crippen LogP contribution < -0.4 is 14.8 Å². The van der Waals surface area contributed by atoms with Crippen LogP contribution in [0.4, 0.5) is 11.4 Å². The van der Waals surface area contributed by atoms with Gasteiger partial charge in [-0.25, -0.2) is 13.1 Å². The number of anilines is 1. The molecule has 0 aliphatic carbocycles. The van der Waals surface area contributed by atoms with Gasteiger partial charge in [0.25, 0.3) is 5.91 Å². The maximum absolute atomic E-state index is 12.3. The van der Waals surface area contributed by atoms with Gasteiger partial charge in [-0.3, -0.25) is 14.9 Å². The molecule has 0 saturated carbocycles. The summed E-state index contributed by atoms with van der Waals surface area (Å²) in [7, 11) is -2.34. The number of amides is 1. The van der Waals surface area contributed by atoms with E-state index >= 15 is 0 Å². The van der Waals surface area contributed by atoms with Crippen LogP contribution in [0.1, 0.15) is 30.6 Å². The fourth-order valence-corrected chi connectivity index (χ4v) is 3.64.